The lowest BCUT2D eigenvalue weighted by Crippen LogP contribution is -2.39. The highest BCUT2D eigenvalue weighted by atomic mass is 16.6. The molecule has 0 aromatic rings. The normalized spacial score (nSPS) is 12.8. The molecule has 0 radical (unpaired) electrons. The van der Waals surface area contributed by atoms with E-state index in [4.69, 9.17) is 24.5 Å². The van der Waals surface area contributed by atoms with Crippen LogP contribution in [0.5, 0.6) is 0 Å². The summed E-state index contributed by atoms with van der Waals surface area (Å²) in [6, 6.07) is 0. The molecule has 1 saturated heterocycles. The fourth-order valence-electron chi connectivity index (χ4n) is 2.90. The SMILES string of the molecule is CN(CC#CCN1CCCC1)C(=O)CCCCCNC(=O)CNC(=O)OC(C)(C)C.O=C(O)C(=O)O. The first-order valence-corrected chi connectivity index (χ1v) is 11.9. The summed E-state index contributed by atoms with van der Waals surface area (Å²) in [5.41, 5.74) is -0.591. The molecule has 12 heteroatoms. The van der Waals surface area contributed by atoms with Crippen molar-refractivity contribution in [2.75, 3.05) is 46.3 Å². The van der Waals surface area contributed by atoms with Crippen LogP contribution in [0.3, 0.4) is 0 Å². The van der Waals surface area contributed by atoms with Crippen LogP contribution in [0.1, 0.15) is 59.3 Å². The van der Waals surface area contributed by atoms with Gasteiger partial charge < -0.3 is 30.5 Å². The Balaban J connectivity index is 0.00000181. The van der Waals surface area contributed by atoms with Gasteiger partial charge in [-0.25, -0.2) is 14.4 Å². The van der Waals surface area contributed by atoms with Crippen LogP contribution in [0.4, 0.5) is 4.79 Å². The van der Waals surface area contributed by atoms with E-state index in [2.05, 4.69) is 27.4 Å². The lowest BCUT2D eigenvalue weighted by atomic mass is 10.2. The minimum atomic E-state index is -1.82. The number of rotatable bonds is 10. The number of hydrogen-bond acceptors (Lipinski definition) is 7. The molecule has 1 heterocycles. The molecular weight excluding hydrogens is 472 g/mol. The van der Waals surface area contributed by atoms with Crippen LogP contribution < -0.4 is 10.6 Å². The Morgan fingerprint density at radius 3 is 2.11 bits per heavy atom. The van der Waals surface area contributed by atoms with Gasteiger partial charge in [0.25, 0.3) is 0 Å². The van der Waals surface area contributed by atoms with Gasteiger partial charge in [-0.15, -0.1) is 0 Å². The number of nitrogens with zero attached hydrogens (tertiary/aromatic N) is 2. The van der Waals surface area contributed by atoms with Crippen molar-refractivity contribution in [3.8, 4) is 11.8 Å². The number of unbranched alkanes of at least 4 members (excludes halogenated alkanes) is 2. The van der Waals surface area contributed by atoms with Crippen LogP contribution in [0.25, 0.3) is 0 Å². The number of carbonyl (C=O) groups is 5. The highest BCUT2D eigenvalue weighted by Crippen LogP contribution is 2.06. The Kier molecular flexibility index (Phi) is 16.3. The van der Waals surface area contributed by atoms with Crippen molar-refractivity contribution in [3.63, 3.8) is 0 Å². The molecule has 0 saturated carbocycles. The fourth-order valence-corrected chi connectivity index (χ4v) is 2.90. The summed E-state index contributed by atoms with van der Waals surface area (Å²) >= 11 is 0. The van der Waals surface area contributed by atoms with Gasteiger partial charge in [0.1, 0.15) is 5.60 Å². The quantitative estimate of drug-likeness (QED) is 0.189. The lowest BCUT2D eigenvalue weighted by molar-refractivity contribution is -0.159. The van der Waals surface area contributed by atoms with Crippen molar-refractivity contribution in [2.45, 2.75) is 64.9 Å². The number of alkyl carbamates (subject to hydrolysis) is 1. The first-order chi connectivity index (χ1) is 16.8. The molecule has 36 heavy (non-hydrogen) atoms. The summed E-state index contributed by atoms with van der Waals surface area (Å²) in [6.07, 6.45) is 4.79. The largest absolute Gasteiger partial charge is 0.473 e. The van der Waals surface area contributed by atoms with Gasteiger partial charge in [-0.1, -0.05) is 18.3 Å². The van der Waals surface area contributed by atoms with Crippen LogP contribution in [0.15, 0.2) is 0 Å². The molecule has 0 aliphatic carbocycles. The zero-order chi connectivity index (χ0) is 27.6. The third kappa shape index (κ3) is 19.0. The molecule has 4 N–H and O–H groups in total. The van der Waals surface area contributed by atoms with Crippen LogP contribution in [0.2, 0.25) is 0 Å². The molecule has 1 aliphatic heterocycles. The maximum atomic E-state index is 12.1. The molecule has 0 aromatic carbocycles. The number of carboxylic acids is 2. The summed E-state index contributed by atoms with van der Waals surface area (Å²) < 4.78 is 5.06. The summed E-state index contributed by atoms with van der Waals surface area (Å²) in [7, 11) is 1.78. The van der Waals surface area contributed by atoms with Crippen LogP contribution in [-0.2, 0) is 23.9 Å². The van der Waals surface area contributed by atoms with Crippen molar-refractivity contribution in [1.82, 2.24) is 20.4 Å². The summed E-state index contributed by atoms with van der Waals surface area (Å²) in [4.78, 5) is 57.5. The fraction of sp³-hybridized carbons (Fsp3) is 0.708. The predicted molar refractivity (Wildman–Crippen MR) is 132 cm³/mol. The Morgan fingerprint density at radius 1 is 0.944 bits per heavy atom. The zero-order valence-electron chi connectivity index (χ0n) is 21.7. The number of aliphatic carboxylic acids is 2. The average Bonchev–Trinajstić information content (AvgIpc) is 3.30. The summed E-state index contributed by atoms with van der Waals surface area (Å²) in [6.45, 7) is 9.20. The smallest absolute Gasteiger partial charge is 0.414 e. The van der Waals surface area contributed by atoms with Gasteiger partial charge >= 0.3 is 18.0 Å². The first kappa shape index (κ1) is 32.7. The molecule has 0 atom stereocenters. The van der Waals surface area contributed by atoms with E-state index in [0.29, 0.717) is 19.5 Å². The third-order valence-corrected chi connectivity index (χ3v) is 4.73. The minimum Gasteiger partial charge on any atom is -0.473 e. The molecule has 204 valence electrons. The molecule has 1 fully saturated rings. The second kappa shape index (κ2) is 18.0. The number of hydrogen-bond donors (Lipinski definition) is 4. The van der Waals surface area contributed by atoms with Crippen LogP contribution in [-0.4, -0.2) is 102 Å². The monoisotopic (exact) mass is 512 g/mol. The maximum Gasteiger partial charge on any atom is 0.414 e. The third-order valence-electron chi connectivity index (χ3n) is 4.73. The lowest BCUT2D eigenvalue weighted by Gasteiger charge is -2.19. The number of amides is 3. The van der Waals surface area contributed by atoms with Crippen LogP contribution in [0, 0.1) is 11.8 Å². The molecule has 0 unspecified atom stereocenters. The van der Waals surface area contributed by atoms with Gasteiger partial charge in [-0.2, -0.15) is 0 Å². The van der Waals surface area contributed by atoms with E-state index in [-0.39, 0.29) is 18.4 Å². The number of ether oxygens (including phenoxy) is 1. The Bertz CT molecular complexity index is 780. The van der Waals surface area contributed by atoms with E-state index >= 15 is 0 Å². The molecule has 0 bridgehead atoms. The molecular formula is C24H40N4O8. The molecule has 1 aliphatic rings. The zero-order valence-corrected chi connectivity index (χ0v) is 21.7. The van der Waals surface area contributed by atoms with E-state index in [1.165, 1.54) is 12.8 Å². The highest BCUT2D eigenvalue weighted by Gasteiger charge is 2.16. The van der Waals surface area contributed by atoms with Gasteiger partial charge in [0.05, 0.1) is 19.6 Å². The van der Waals surface area contributed by atoms with Crippen molar-refractivity contribution < 1.29 is 38.9 Å². The first-order valence-electron chi connectivity index (χ1n) is 11.9. The minimum absolute atomic E-state index is 0.0936. The second-order valence-electron chi connectivity index (χ2n) is 9.21. The average molecular weight is 513 g/mol. The van der Waals surface area contributed by atoms with Crippen molar-refractivity contribution in [1.29, 1.82) is 0 Å². The molecule has 1 rings (SSSR count). The van der Waals surface area contributed by atoms with E-state index in [1.54, 1.807) is 32.7 Å². The van der Waals surface area contributed by atoms with Gasteiger partial charge in [0.15, 0.2) is 0 Å². The number of nitrogens with one attached hydrogen (secondary N) is 2. The van der Waals surface area contributed by atoms with E-state index in [0.717, 1.165) is 38.9 Å². The topological polar surface area (TPSA) is 166 Å². The summed E-state index contributed by atoms with van der Waals surface area (Å²) in [5.74, 6) is 2.40. The van der Waals surface area contributed by atoms with Gasteiger partial charge in [-0.05, 0) is 59.5 Å². The Morgan fingerprint density at radius 2 is 1.56 bits per heavy atom. The van der Waals surface area contributed by atoms with Gasteiger partial charge in [0.2, 0.25) is 11.8 Å². The van der Waals surface area contributed by atoms with Crippen LogP contribution >= 0.6 is 0 Å². The predicted octanol–water partition coefficient (Wildman–Crippen LogP) is 0.901. The van der Waals surface area contributed by atoms with Crippen molar-refractivity contribution in [2.24, 2.45) is 0 Å². The molecule has 0 aromatic heterocycles. The van der Waals surface area contributed by atoms with Crippen molar-refractivity contribution >= 4 is 29.8 Å². The van der Waals surface area contributed by atoms with Gasteiger partial charge in [0, 0.05) is 20.0 Å². The number of likely N-dealkylation sites (tertiary alicyclic amines) is 1. The number of carboxylic acid groups (broad SMARTS) is 2. The molecule has 0 spiro atoms. The van der Waals surface area contributed by atoms with E-state index in [9.17, 15) is 14.4 Å². The second-order valence-corrected chi connectivity index (χ2v) is 9.21. The molecule has 3 amide bonds. The number of carbonyl (C=O) groups excluding carboxylic acids is 3. The Hall–Kier alpha value is -3.33. The van der Waals surface area contributed by atoms with E-state index < -0.39 is 23.6 Å². The Labute approximate surface area is 212 Å². The van der Waals surface area contributed by atoms with Gasteiger partial charge in [-0.3, -0.25) is 14.5 Å². The van der Waals surface area contributed by atoms with Crippen molar-refractivity contribution in [3.05, 3.63) is 0 Å². The summed E-state index contributed by atoms with van der Waals surface area (Å²) in [5, 5.41) is 19.9. The standard InChI is InChI=1S/C22H38N4O4.C2H2O4/c1-22(2,3)30-21(29)24-18-19(27)23-13-7-5-6-12-20(28)25(4)14-8-9-15-26-16-10-11-17-26;3-1(4)2(5)6/h5-7,10-18H2,1-4H3,(H,23,27)(H,24,29);(H,3,4)(H,5,6). The maximum absolute atomic E-state index is 12.1. The highest BCUT2D eigenvalue weighted by molar-refractivity contribution is 6.27. The van der Waals surface area contributed by atoms with E-state index in [1.807, 2.05) is 0 Å². The molecule has 12 nitrogen and oxygen atoms in total.